The summed E-state index contributed by atoms with van der Waals surface area (Å²) in [5, 5.41) is 0. The number of amides is 1. The van der Waals surface area contributed by atoms with Gasteiger partial charge in [-0.15, -0.1) is 0 Å². The molecule has 0 bridgehead atoms. The van der Waals surface area contributed by atoms with Crippen LogP contribution in [0.5, 0.6) is 5.75 Å². The van der Waals surface area contributed by atoms with Gasteiger partial charge in [0.15, 0.2) is 11.6 Å². The second kappa shape index (κ2) is 8.60. The van der Waals surface area contributed by atoms with Gasteiger partial charge in [0.1, 0.15) is 0 Å². The first kappa shape index (κ1) is 17.4. The molecule has 2 heterocycles. The van der Waals surface area contributed by atoms with Crippen molar-refractivity contribution in [2.24, 2.45) is 5.92 Å². The van der Waals surface area contributed by atoms with Gasteiger partial charge in [-0.25, -0.2) is 4.39 Å². The number of piperidine rings is 1. The quantitative estimate of drug-likeness (QED) is 0.807. The van der Waals surface area contributed by atoms with Crippen LogP contribution in [0.15, 0.2) is 48.8 Å². The largest absolute Gasteiger partial charge is 0.490 e. The summed E-state index contributed by atoms with van der Waals surface area (Å²) < 4.78 is 18.8. The molecule has 4 nitrogen and oxygen atoms in total. The fourth-order valence-electron chi connectivity index (χ4n) is 3.21. The highest BCUT2D eigenvalue weighted by Gasteiger charge is 2.22. The van der Waals surface area contributed by atoms with Crippen molar-refractivity contribution >= 4 is 5.91 Å². The van der Waals surface area contributed by atoms with Gasteiger partial charge in [0.05, 0.1) is 13.0 Å². The lowest BCUT2D eigenvalue weighted by Crippen LogP contribution is -2.39. The smallest absolute Gasteiger partial charge is 0.225 e. The molecule has 0 radical (unpaired) electrons. The van der Waals surface area contributed by atoms with Crippen molar-refractivity contribution in [1.82, 2.24) is 9.88 Å². The molecule has 0 spiro atoms. The summed E-state index contributed by atoms with van der Waals surface area (Å²) in [6.45, 7) is 1.78. The first-order valence-corrected chi connectivity index (χ1v) is 8.76. The summed E-state index contributed by atoms with van der Waals surface area (Å²) in [5.74, 6) is 0.498. The van der Waals surface area contributed by atoms with Gasteiger partial charge in [0, 0.05) is 25.5 Å². The lowest BCUT2D eigenvalue weighted by atomic mass is 9.90. The minimum Gasteiger partial charge on any atom is -0.490 e. The number of nitrogens with zero attached hydrogens (tertiary/aromatic N) is 2. The minimum atomic E-state index is -0.396. The molecule has 1 saturated heterocycles. The molecule has 1 aliphatic heterocycles. The number of carbonyl (C=O) groups is 1. The Morgan fingerprint density at radius 1 is 1.16 bits per heavy atom. The van der Waals surface area contributed by atoms with E-state index in [4.69, 9.17) is 4.74 Å². The molecule has 0 unspecified atom stereocenters. The van der Waals surface area contributed by atoms with E-state index < -0.39 is 5.82 Å². The Labute approximate surface area is 147 Å². The monoisotopic (exact) mass is 342 g/mol. The highest BCUT2D eigenvalue weighted by Crippen LogP contribution is 2.22. The summed E-state index contributed by atoms with van der Waals surface area (Å²) in [6.07, 6.45) is 7.00. The molecule has 3 rings (SSSR count). The van der Waals surface area contributed by atoms with Gasteiger partial charge >= 0.3 is 0 Å². The van der Waals surface area contributed by atoms with Crippen LogP contribution in [0.3, 0.4) is 0 Å². The normalized spacial score (nSPS) is 15.2. The summed E-state index contributed by atoms with van der Waals surface area (Å²) in [4.78, 5) is 18.2. The van der Waals surface area contributed by atoms with E-state index in [-0.39, 0.29) is 24.7 Å². The Hall–Kier alpha value is -2.43. The number of hydrogen-bond acceptors (Lipinski definition) is 3. The standard InChI is InChI=1S/C20H23FN2O2/c21-18-3-1-2-4-19(18)25-14-9-20(24)23-12-7-17(8-13-23)15-16-5-10-22-11-6-16/h1-6,10-11,17H,7-9,12-15H2. The van der Waals surface area contributed by atoms with Crippen molar-refractivity contribution in [2.75, 3.05) is 19.7 Å². The van der Waals surface area contributed by atoms with Gasteiger partial charge in [-0.2, -0.15) is 0 Å². The van der Waals surface area contributed by atoms with Crippen LogP contribution in [0.4, 0.5) is 4.39 Å². The Balaban J connectivity index is 1.39. The van der Waals surface area contributed by atoms with Crippen LogP contribution >= 0.6 is 0 Å². The zero-order chi connectivity index (χ0) is 17.5. The molecule has 5 heteroatoms. The highest BCUT2D eigenvalue weighted by molar-refractivity contribution is 5.76. The zero-order valence-electron chi connectivity index (χ0n) is 14.2. The first-order valence-electron chi connectivity index (χ1n) is 8.76. The van der Waals surface area contributed by atoms with E-state index >= 15 is 0 Å². The molecule has 0 N–H and O–H groups in total. The Bertz CT molecular complexity index is 685. The molecule has 1 amide bonds. The third-order valence-corrected chi connectivity index (χ3v) is 4.65. The second-order valence-electron chi connectivity index (χ2n) is 6.41. The summed E-state index contributed by atoms with van der Waals surface area (Å²) in [7, 11) is 0. The predicted octanol–water partition coefficient (Wildman–Crippen LogP) is 3.47. The van der Waals surface area contributed by atoms with Gasteiger partial charge in [-0.3, -0.25) is 9.78 Å². The van der Waals surface area contributed by atoms with Crippen molar-refractivity contribution < 1.29 is 13.9 Å². The van der Waals surface area contributed by atoms with Crippen molar-refractivity contribution in [3.63, 3.8) is 0 Å². The molecular formula is C20H23FN2O2. The van der Waals surface area contributed by atoms with Gasteiger partial charge < -0.3 is 9.64 Å². The third kappa shape index (κ3) is 5.02. The summed E-state index contributed by atoms with van der Waals surface area (Å²) >= 11 is 0. The molecule has 1 fully saturated rings. The molecule has 132 valence electrons. The summed E-state index contributed by atoms with van der Waals surface area (Å²) in [5.41, 5.74) is 1.30. The molecule has 0 aliphatic carbocycles. The molecule has 1 aromatic heterocycles. The van der Waals surface area contributed by atoms with Crippen LogP contribution < -0.4 is 4.74 Å². The number of para-hydroxylation sites is 1. The van der Waals surface area contributed by atoms with E-state index in [0.29, 0.717) is 5.92 Å². The first-order chi connectivity index (χ1) is 12.2. The maximum Gasteiger partial charge on any atom is 0.225 e. The number of rotatable bonds is 6. The van der Waals surface area contributed by atoms with Crippen LogP contribution in [-0.2, 0) is 11.2 Å². The van der Waals surface area contributed by atoms with Crippen molar-refractivity contribution in [3.05, 3.63) is 60.2 Å². The topological polar surface area (TPSA) is 42.4 Å². The Kier molecular flexibility index (Phi) is 5.99. The number of pyridine rings is 1. The number of aromatic nitrogens is 1. The van der Waals surface area contributed by atoms with Gasteiger partial charge in [0.25, 0.3) is 0 Å². The number of benzene rings is 1. The molecular weight excluding hydrogens is 319 g/mol. The highest BCUT2D eigenvalue weighted by atomic mass is 19.1. The molecule has 1 aliphatic rings. The molecule has 2 aromatic rings. The van der Waals surface area contributed by atoms with Gasteiger partial charge in [-0.05, 0) is 55.0 Å². The predicted molar refractivity (Wildman–Crippen MR) is 93.8 cm³/mol. The van der Waals surface area contributed by atoms with Crippen molar-refractivity contribution in [1.29, 1.82) is 0 Å². The van der Waals surface area contributed by atoms with Crippen LogP contribution in [-0.4, -0.2) is 35.5 Å². The lowest BCUT2D eigenvalue weighted by molar-refractivity contribution is -0.133. The van der Waals surface area contributed by atoms with E-state index in [9.17, 15) is 9.18 Å². The van der Waals surface area contributed by atoms with Gasteiger partial charge in [-0.1, -0.05) is 12.1 Å². The molecule has 0 atom stereocenters. The number of ether oxygens (including phenoxy) is 1. The number of hydrogen-bond donors (Lipinski definition) is 0. The average molecular weight is 342 g/mol. The summed E-state index contributed by atoms with van der Waals surface area (Å²) in [6, 6.07) is 10.4. The minimum absolute atomic E-state index is 0.0821. The van der Waals surface area contributed by atoms with E-state index in [1.165, 1.54) is 11.6 Å². The maximum absolute atomic E-state index is 13.5. The van der Waals surface area contributed by atoms with E-state index in [2.05, 4.69) is 17.1 Å². The van der Waals surface area contributed by atoms with Crippen LogP contribution in [0, 0.1) is 11.7 Å². The maximum atomic E-state index is 13.5. The van der Waals surface area contributed by atoms with E-state index in [1.807, 2.05) is 17.3 Å². The molecule has 25 heavy (non-hydrogen) atoms. The van der Waals surface area contributed by atoms with Gasteiger partial charge in [0.2, 0.25) is 5.91 Å². The van der Waals surface area contributed by atoms with E-state index in [0.717, 1.165) is 32.4 Å². The average Bonchev–Trinajstić information content (AvgIpc) is 2.65. The van der Waals surface area contributed by atoms with Crippen molar-refractivity contribution in [3.8, 4) is 5.75 Å². The SMILES string of the molecule is O=C(CCOc1ccccc1F)N1CCC(Cc2ccncc2)CC1. The number of halogens is 1. The second-order valence-corrected chi connectivity index (χ2v) is 6.41. The zero-order valence-corrected chi connectivity index (χ0v) is 14.2. The Morgan fingerprint density at radius 2 is 1.88 bits per heavy atom. The van der Waals surface area contributed by atoms with E-state index in [1.54, 1.807) is 18.2 Å². The number of carbonyl (C=O) groups excluding carboxylic acids is 1. The fraction of sp³-hybridized carbons (Fsp3) is 0.400. The van der Waals surface area contributed by atoms with Crippen molar-refractivity contribution in [2.45, 2.75) is 25.7 Å². The van der Waals surface area contributed by atoms with Crippen LogP contribution in [0.2, 0.25) is 0 Å². The molecule has 1 aromatic carbocycles. The van der Waals surface area contributed by atoms with Crippen LogP contribution in [0.25, 0.3) is 0 Å². The Morgan fingerprint density at radius 3 is 2.60 bits per heavy atom. The number of likely N-dealkylation sites (tertiary alicyclic amines) is 1. The third-order valence-electron chi connectivity index (χ3n) is 4.65. The molecule has 0 saturated carbocycles. The fourth-order valence-corrected chi connectivity index (χ4v) is 3.21. The van der Waals surface area contributed by atoms with Crippen LogP contribution in [0.1, 0.15) is 24.8 Å². The lowest BCUT2D eigenvalue weighted by Gasteiger charge is -2.32.